The van der Waals surface area contributed by atoms with E-state index in [-0.39, 0.29) is 5.69 Å². The van der Waals surface area contributed by atoms with Crippen LogP contribution < -0.4 is 0 Å². The molecule has 0 saturated carbocycles. The maximum Gasteiger partial charge on any atom is 0.451 e. The van der Waals surface area contributed by atoms with Gasteiger partial charge in [0.1, 0.15) is 11.8 Å². The number of alkyl halides is 3. The lowest BCUT2D eigenvalue weighted by Gasteiger charge is -2.05. The van der Waals surface area contributed by atoms with Crippen molar-refractivity contribution in [3.63, 3.8) is 0 Å². The molecular weight excluding hydrogens is 257 g/mol. The van der Waals surface area contributed by atoms with Gasteiger partial charge in [0.25, 0.3) is 0 Å². The van der Waals surface area contributed by atoms with Crippen molar-refractivity contribution in [2.24, 2.45) is 0 Å². The highest BCUT2D eigenvalue weighted by atomic mass is 19.4. The second-order valence-corrected chi connectivity index (χ2v) is 3.91. The molecule has 0 spiro atoms. The Morgan fingerprint density at radius 3 is 2.63 bits per heavy atom. The van der Waals surface area contributed by atoms with Gasteiger partial charge in [0.05, 0.1) is 5.69 Å². The van der Waals surface area contributed by atoms with Crippen LogP contribution in [-0.4, -0.2) is 9.97 Å². The summed E-state index contributed by atoms with van der Waals surface area (Å²) in [5.41, 5.74) is 1.31. The molecule has 19 heavy (non-hydrogen) atoms. The summed E-state index contributed by atoms with van der Waals surface area (Å²) in [5, 5.41) is 0.717. The van der Waals surface area contributed by atoms with Gasteiger partial charge < -0.3 is 4.42 Å². The Bertz CT molecular complexity index is 734. The predicted octanol–water partition coefficient (Wildman–Crippen LogP) is 3.91. The molecule has 0 bridgehead atoms. The standard InChI is InChI=1S/C13H7F3N2O/c14-13(15,16)12-17-6-5-10(18-12)9-7-19-11-4-2-1-3-8(9)11/h1-7H. The third-order valence-corrected chi connectivity index (χ3v) is 2.67. The van der Waals surface area contributed by atoms with E-state index in [2.05, 4.69) is 9.97 Å². The van der Waals surface area contributed by atoms with Gasteiger partial charge in [-0.1, -0.05) is 18.2 Å². The highest BCUT2D eigenvalue weighted by Gasteiger charge is 2.34. The number of halogens is 3. The molecule has 0 atom stereocenters. The van der Waals surface area contributed by atoms with Crippen LogP contribution in [0.1, 0.15) is 5.82 Å². The fourth-order valence-corrected chi connectivity index (χ4v) is 1.82. The smallest absolute Gasteiger partial charge is 0.451 e. The summed E-state index contributed by atoms with van der Waals surface area (Å²) >= 11 is 0. The van der Waals surface area contributed by atoms with Gasteiger partial charge in [-0.3, -0.25) is 0 Å². The number of para-hydroxylation sites is 1. The third-order valence-electron chi connectivity index (χ3n) is 2.67. The topological polar surface area (TPSA) is 38.9 Å². The first kappa shape index (κ1) is 11.7. The van der Waals surface area contributed by atoms with E-state index in [4.69, 9.17) is 4.42 Å². The second kappa shape index (κ2) is 4.08. The zero-order valence-electron chi connectivity index (χ0n) is 9.48. The number of fused-ring (bicyclic) bond motifs is 1. The Morgan fingerprint density at radius 2 is 1.84 bits per heavy atom. The van der Waals surface area contributed by atoms with E-state index < -0.39 is 12.0 Å². The molecule has 3 aromatic rings. The number of hydrogen-bond acceptors (Lipinski definition) is 3. The van der Waals surface area contributed by atoms with E-state index >= 15 is 0 Å². The van der Waals surface area contributed by atoms with E-state index in [9.17, 15) is 13.2 Å². The summed E-state index contributed by atoms with van der Waals surface area (Å²) in [5.74, 6) is -1.16. The average molecular weight is 264 g/mol. The van der Waals surface area contributed by atoms with Gasteiger partial charge in [0.2, 0.25) is 5.82 Å². The predicted molar refractivity (Wildman–Crippen MR) is 62.2 cm³/mol. The molecule has 2 heterocycles. The van der Waals surface area contributed by atoms with E-state index in [0.717, 1.165) is 6.20 Å². The number of nitrogens with zero attached hydrogens (tertiary/aromatic N) is 2. The summed E-state index contributed by atoms with van der Waals surface area (Å²) < 4.78 is 43.0. The van der Waals surface area contributed by atoms with E-state index in [1.165, 1.54) is 12.3 Å². The molecule has 2 aromatic heterocycles. The first-order chi connectivity index (χ1) is 9.05. The summed E-state index contributed by atoms with van der Waals surface area (Å²) in [6, 6.07) is 8.50. The summed E-state index contributed by atoms with van der Waals surface area (Å²) in [7, 11) is 0. The van der Waals surface area contributed by atoms with Crippen LogP contribution >= 0.6 is 0 Å². The Morgan fingerprint density at radius 1 is 1.05 bits per heavy atom. The molecule has 0 aliphatic carbocycles. The Hall–Kier alpha value is -2.37. The number of hydrogen-bond donors (Lipinski definition) is 0. The van der Waals surface area contributed by atoms with Crippen LogP contribution in [0, 0.1) is 0 Å². The summed E-state index contributed by atoms with van der Waals surface area (Å²) in [4.78, 5) is 6.77. The normalized spacial score (nSPS) is 11.9. The van der Waals surface area contributed by atoms with Crippen molar-refractivity contribution in [1.29, 1.82) is 0 Å². The Labute approximate surface area is 105 Å². The van der Waals surface area contributed by atoms with Crippen LogP contribution in [-0.2, 0) is 6.18 Å². The fourth-order valence-electron chi connectivity index (χ4n) is 1.82. The van der Waals surface area contributed by atoms with Crippen molar-refractivity contribution in [2.45, 2.75) is 6.18 Å². The number of rotatable bonds is 1. The molecule has 0 saturated heterocycles. The van der Waals surface area contributed by atoms with E-state index in [0.29, 0.717) is 16.5 Å². The van der Waals surface area contributed by atoms with Gasteiger partial charge >= 0.3 is 6.18 Å². The van der Waals surface area contributed by atoms with Crippen LogP contribution in [0.5, 0.6) is 0 Å². The molecule has 6 heteroatoms. The first-order valence-corrected chi connectivity index (χ1v) is 5.42. The van der Waals surface area contributed by atoms with Gasteiger partial charge in [0.15, 0.2) is 0 Å². The number of furan rings is 1. The SMILES string of the molecule is FC(F)(F)c1nccc(-c2coc3ccccc23)n1. The molecule has 0 fully saturated rings. The summed E-state index contributed by atoms with van der Waals surface area (Å²) in [6.07, 6.45) is -2.07. The van der Waals surface area contributed by atoms with E-state index in [1.54, 1.807) is 24.3 Å². The molecule has 3 nitrogen and oxygen atoms in total. The molecule has 0 amide bonds. The number of benzene rings is 1. The quantitative estimate of drug-likeness (QED) is 0.669. The fraction of sp³-hybridized carbons (Fsp3) is 0.0769. The van der Waals surface area contributed by atoms with E-state index in [1.807, 2.05) is 0 Å². The molecule has 3 rings (SSSR count). The van der Waals surface area contributed by atoms with Crippen molar-refractivity contribution >= 4 is 11.0 Å². The first-order valence-electron chi connectivity index (χ1n) is 5.42. The molecule has 0 aliphatic rings. The maximum absolute atomic E-state index is 12.6. The molecule has 0 N–H and O–H groups in total. The molecule has 0 radical (unpaired) electrons. The van der Waals surface area contributed by atoms with Gasteiger partial charge in [-0.25, -0.2) is 9.97 Å². The molecular formula is C13H7F3N2O. The van der Waals surface area contributed by atoms with Crippen molar-refractivity contribution < 1.29 is 17.6 Å². The minimum absolute atomic E-state index is 0.187. The lowest BCUT2D eigenvalue weighted by molar-refractivity contribution is -0.144. The van der Waals surface area contributed by atoms with Gasteiger partial charge in [-0.05, 0) is 12.1 Å². The van der Waals surface area contributed by atoms with Crippen molar-refractivity contribution in [3.8, 4) is 11.3 Å². The molecule has 0 aliphatic heterocycles. The van der Waals surface area contributed by atoms with Gasteiger partial charge in [0, 0.05) is 17.1 Å². The highest BCUT2D eigenvalue weighted by molar-refractivity contribution is 5.92. The van der Waals surface area contributed by atoms with Crippen LogP contribution in [0.25, 0.3) is 22.2 Å². The van der Waals surface area contributed by atoms with Crippen molar-refractivity contribution in [3.05, 3.63) is 48.6 Å². The lowest BCUT2D eigenvalue weighted by Crippen LogP contribution is -2.10. The molecule has 96 valence electrons. The van der Waals surface area contributed by atoms with Crippen LogP contribution in [0.3, 0.4) is 0 Å². The minimum Gasteiger partial charge on any atom is -0.464 e. The maximum atomic E-state index is 12.6. The second-order valence-electron chi connectivity index (χ2n) is 3.91. The van der Waals surface area contributed by atoms with Gasteiger partial charge in [-0.2, -0.15) is 13.2 Å². The van der Waals surface area contributed by atoms with Gasteiger partial charge in [-0.15, -0.1) is 0 Å². The third kappa shape index (κ3) is 2.05. The zero-order valence-corrected chi connectivity index (χ0v) is 9.48. The number of aromatic nitrogens is 2. The zero-order chi connectivity index (χ0) is 13.5. The minimum atomic E-state index is -4.56. The molecule has 1 aromatic carbocycles. The monoisotopic (exact) mass is 264 g/mol. The van der Waals surface area contributed by atoms with Crippen LogP contribution in [0.15, 0.2) is 47.2 Å². The molecule has 0 unspecified atom stereocenters. The highest BCUT2D eigenvalue weighted by Crippen LogP contribution is 2.31. The average Bonchev–Trinajstić information content (AvgIpc) is 2.82. The Kier molecular flexibility index (Phi) is 2.51. The van der Waals surface area contributed by atoms with Crippen LogP contribution in [0.4, 0.5) is 13.2 Å². The van der Waals surface area contributed by atoms with Crippen molar-refractivity contribution in [2.75, 3.05) is 0 Å². The Balaban J connectivity index is 2.17. The lowest BCUT2D eigenvalue weighted by atomic mass is 10.1. The van der Waals surface area contributed by atoms with Crippen LogP contribution in [0.2, 0.25) is 0 Å². The summed E-state index contributed by atoms with van der Waals surface area (Å²) in [6.45, 7) is 0. The largest absolute Gasteiger partial charge is 0.464 e. The van der Waals surface area contributed by atoms with Crippen molar-refractivity contribution in [1.82, 2.24) is 9.97 Å².